The molecule has 6 nitrogen and oxygen atoms in total. The largest absolute Gasteiger partial charge is 0.345 e. The molecule has 0 aliphatic carbocycles. The van der Waals surface area contributed by atoms with Crippen LogP contribution in [0.2, 0.25) is 0 Å². The third-order valence-corrected chi connectivity index (χ3v) is 7.27. The zero-order chi connectivity index (χ0) is 24.2. The van der Waals surface area contributed by atoms with Gasteiger partial charge < -0.3 is 14.8 Å². The molecule has 0 saturated carbocycles. The van der Waals surface area contributed by atoms with Crippen LogP contribution in [-0.2, 0) is 11.2 Å². The maximum Gasteiger partial charge on any atom is 0.252 e. The molecule has 2 heterocycles. The maximum absolute atomic E-state index is 13.1. The summed E-state index contributed by atoms with van der Waals surface area (Å²) in [6, 6.07) is 23.3. The van der Waals surface area contributed by atoms with Crippen LogP contribution in [0.3, 0.4) is 0 Å². The maximum atomic E-state index is 13.1. The first kappa shape index (κ1) is 22.9. The molecule has 176 valence electrons. The Morgan fingerprint density at radius 2 is 1.80 bits per heavy atom. The van der Waals surface area contributed by atoms with Gasteiger partial charge >= 0.3 is 0 Å². The highest BCUT2D eigenvalue weighted by Gasteiger charge is 2.24. The summed E-state index contributed by atoms with van der Waals surface area (Å²) < 4.78 is 1.93. The van der Waals surface area contributed by atoms with Crippen molar-refractivity contribution in [3.8, 4) is 5.69 Å². The Kier molecular flexibility index (Phi) is 6.68. The Bertz CT molecular complexity index is 1340. The van der Waals surface area contributed by atoms with Crippen molar-refractivity contribution in [2.24, 2.45) is 0 Å². The number of para-hydroxylation sites is 1. The van der Waals surface area contributed by atoms with Gasteiger partial charge in [-0.3, -0.25) is 9.59 Å². The van der Waals surface area contributed by atoms with Crippen LogP contribution in [0.25, 0.3) is 5.69 Å². The number of rotatable bonds is 7. The van der Waals surface area contributed by atoms with Gasteiger partial charge in [0, 0.05) is 35.2 Å². The lowest BCUT2D eigenvalue weighted by Gasteiger charge is -2.18. The van der Waals surface area contributed by atoms with Crippen molar-refractivity contribution in [3.63, 3.8) is 0 Å². The average Bonchev–Trinajstić information content (AvgIpc) is 3.58. The Morgan fingerprint density at radius 1 is 1.03 bits per heavy atom. The predicted octanol–water partition coefficient (Wildman–Crippen LogP) is 5.04. The van der Waals surface area contributed by atoms with Crippen molar-refractivity contribution in [2.45, 2.75) is 24.3 Å². The van der Waals surface area contributed by atoms with Gasteiger partial charge in [0.25, 0.3) is 5.91 Å². The Hall–Kier alpha value is -3.84. The summed E-state index contributed by atoms with van der Waals surface area (Å²) >= 11 is 1.41. The smallest absolute Gasteiger partial charge is 0.252 e. The van der Waals surface area contributed by atoms with E-state index in [0.29, 0.717) is 12.1 Å². The minimum atomic E-state index is -0.167. The first-order valence-corrected chi connectivity index (χ1v) is 12.6. The van der Waals surface area contributed by atoms with Crippen molar-refractivity contribution in [3.05, 3.63) is 108 Å². The average molecular weight is 483 g/mol. The normalized spacial score (nSPS) is 13.3. The van der Waals surface area contributed by atoms with Gasteiger partial charge in [0.15, 0.2) is 0 Å². The van der Waals surface area contributed by atoms with Crippen molar-refractivity contribution in [2.75, 3.05) is 17.2 Å². The number of aromatic nitrogens is 2. The Labute approximate surface area is 209 Å². The number of anilines is 1. The topological polar surface area (TPSA) is 67.2 Å². The molecular formula is C28H26N4O2S. The quantitative estimate of drug-likeness (QED) is 0.375. The highest BCUT2D eigenvalue weighted by Crippen LogP contribution is 2.30. The number of amides is 2. The summed E-state index contributed by atoms with van der Waals surface area (Å²) in [5, 5.41) is 3.10. The zero-order valence-corrected chi connectivity index (χ0v) is 20.2. The van der Waals surface area contributed by atoms with E-state index >= 15 is 0 Å². The number of fused-ring (bicyclic) bond motifs is 1. The molecule has 0 bridgehead atoms. The number of carbonyl (C=O) groups is 2. The Balaban J connectivity index is 1.23. The van der Waals surface area contributed by atoms with Crippen LogP contribution in [0.5, 0.6) is 0 Å². The molecule has 0 fully saturated rings. The molecule has 4 aromatic rings. The van der Waals surface area contributed by atoms with Crippen LogP contribution >= 0.6 is 11.8 Å². The number of hydrogen-bond acceptors (Lipinski definition) is 4. The fraction of sp³-hybridized carbons (Fsp3) is 0.179. The van der Waals surface area contributed by atoms with E-state index in [1.165, 1.54) is 17.3 Å². The Morgan fingerprint density at radius 3 is 2.60 bits per heavy atom. The second kappa shape index (κ2) is 10.2. The minimum absolute atomic E-state index is 0.0570. The lowest BCUT2D eigenvalue weighted by Crippen LogP contribution is -2.30. The molecule has 1 aliphatic rings. The van der Waals surface area contributed by atoms with Crippen molar-refractivity contribution in [1.82, 2.24) is 14.9 Å². The third kappa shape index (κ3) is 5.00. The molecule has 0 unspecified atom stereocenters. The van der Waals surface area contributed by atoms with Crippen LogP contribution in [0.1, 0.15) is 34.5 Å². The van der Waals surface area contributed by atoms with E-state index in [9.17, 15) is 9.59 Å². The van der Waals surface area contributed by atoms with E-state index in [4.69, 9.17) is 0 Å². The van der Waals surface area contributed by atoms with E-state index in [0.717, 1.165) is 28.3 Å². The van der Waals surface area contributed by atoms with Gasteiger partial charge in [0.2, 0.25) is 5.91 Å². The summed E-state index contributed by atoms with van der Waals surface area (Å²) in [6.07, 6.45) is 6.26. The second-order valence-electron chi connectivity index (χ2n) is 8.47. The molecule has 1 aromatic heterocycles. The minimum Gasteiger partial charge on any atom is -0.345 e. The molecule has 1 atom stereocenters. The van der Waals surface area contributed by atoms with Crippen molar-refractivity contribution < 1.29 is 9.59 Å². The number of hydrogen-bond donors (Lipinski definition) is 1. The van der Waals surface area contributed by atoms with Crippen LogP contribution in [0, 0.1) is 0 Å². The molecule has 5 rings (SSSR count). The van der Waals surface area contributed by atoms with E-state index in [1.807, 2.05) is 89.3 Å². The molecule has 1 N–H and O–H groups in total. The monoisotopic (exact) mass is 482 g/mol. The number of nitrogens with one attached hydrogen (secondary N) is 1. The van der Waals surface area contributed by atoms with Gasteiger partial charge in [-0.25, -0.2) is 4.98 Å². The van der Waals surface area contributed by atoms with E-state index in [1.54, 1.807) is 12.5 Å². The molecule has 0 saturated heterocycles. The van der Waals surface area contributed by atoms with Crippen LogP contribution in [0.15, 0.2) is 96.4 Å². The van der Waals surface area contributed by atoms with E-state index in [2.05, 4.69) is 16.4 Å². The van der Waals surface area contributed by atoms with Crippen molar-refractivity contribution >= 4 is 29.3 Å². The number of benzene rings is 3. The SMILES string of the molecule is C[C@H](NC(=O)c1ccccc1SCC(=O)N1CCc2ccccc21)c1ccc(-n2ccnc2)cc1. The molecule has 1 aliphatic heterocycles. The summed E-state index contributed by atoms with van der Waals surface area (Å²) in [7, 11) is 0. The second-order valence-corrected chi connectivity index (χ2v) is 9.48. The number of imidazole rings is 1. The van der Waals surface area contributed by atoms with E-state index < -0.39 is 0 Å². The molecule has 0 radical (unpaired) electrons. The van der Waals surface area contributed by atoms with Gasteiger partial charge in [0.1, 0.15) is 0 Å². The standard InChI is InChI=1S/C28H26N4O2S/c1-20(21-10-12-23(13-11-21)31-17-15-29-19-31)30-28(34)24-7-3-5-9-26(24)35-18-27(33)32-16-14-22-6-2-4-8-25(22)32/h2-13,15,17,19-20H,14,16,18H2,1H3,(H,30,34)/t20-/m0/s1. The van der Waals surface area contributed by atoms with Gasteiger partial charge in [-0.15, -0.1) is 11.8 Å². The third-order valence-electron chi connectivity index (χ3n) is 6.21. The van der Waals surface area contributed by atoms with E-state index in [-0.39, 0.29) is 23.6 Å². The number of thioether (sulfide) groups is 1. The highest BCUT2D eigenvalue weighted by molar-refractivity contribution is 8.00. The van der Waals surface area contributed by atoms with Crippen LogP contribution < -0.4 is 10.2 Å². The predicted molar refractivity (Wildman–Crippen MR) is 139 cm³/mol. The summed E-state index contributed by atoms with van der Waals surface area (Å²) in [5.41, 5.74) is 4.80. The summed E-state index contributed by atoms with van der Waals surface area (Å²) in [5.74, 6) is 0.184. The molecular weight excluding hydrogens is 456 g/mol. The number of carbonyl (C=O) groups excluding carboxylic acids is 2. The lowest BCUT2D eigenvalue weighted by atomic mass is 10.1. The first-order chi connectivity index (χ1) is 17.1. The fourth-order valence-corrected chi connectivity index (χ4v) is 5.23. The molecule has 3 aromatic carbocycles. The highest BCUT2D eigenvalue weighted by atomic mass is 32.2. The molecule has 7 heteroatoms. The van der Waals surface area contributed by atoms with Crippen molar-refractivity contribution in [1.29, 1.82) is 0 Å². The van der Waals surface area contributed by atoms with Crippen LogP contribution in [-0.4, -0.2) is 33.7 Å². The first-order valence-electron chi connectivity index (χ1n) is 11.6. The van der Waals surface area contributed by atoms with Crippen LogP contribution in [0.4, 0.5) is 5.69 Å². The fourth-order valence-electron chi connectivity index (χ4n) is 4.30. The summed E-state index contributed by atoms with van der Waals surface area (Å²) in [4.78, 5) is 32.8. The zero-order valence-electron chi connectivity index (χ0n) is 19.4. The van der Waals surface area contributed by atoms with Gasteiger partial charge in [-0.2, -0.15) is 0 Å². The lowest BCUT2D eigenvalue weighted by molar-refractivity contribution is -0.116. The summed E-state index contributed by atoms with van der Waals surface area (Å²) in [6.45, 7) is 2.67. The van der Waals surface area contributed by atoms with Gasteiger partial charge in [0.05, 0.1) is 23.7 Å². The van der Waals surface area contributed by atoms with Gasteiger partial charge in [-0.1, -0.05) is 42.5 Å². The molecule has 0 spiro atoms. The molecule has 2 amide bonds. The molecule has 35 heavy (non-hydrogen) atoms. The number of nitrogens with zero attached hydrogens (tertiary/aromatic N) is 3. The van der Waals surface area contributed by atoms with Gasteiger partial charge in [-0.05, 0) is 54.8 Å².